The van der Waals surface area contributed by atoms with Gasteiger partial charge in [0.25, 0.3) is 0 Å². The zero-order chi connectivity index (χ0) is 16.2. The molecule has 0 aliphatic carbocycles. The molecule has 110 valence electrons. The van der Waals surface area contributed by atoms with Crippen molar-refractivity contribution in [2.45, 2.75) is 26.2 Å². The Kier molecular flexibility index (Phi) is 4.58. The van der Waals surface area contributed by atoms with Gasteiger partial charge in [-0.2, -0.15) is 0 Å². The number of aldehydes is 1. The van der Waals surface area contributed by atoms with Crippen LogP contribution in [0.25, 0.3) is 0 Å². The van der Waals surface area contributed by atoms with Gasteiger partial charge >= 0.3 is 0 Å². The molecule has 0 radical (unpaired) electrons. The topological polar surface area (TPSA) is 34.1 Å². The summed E-state index contributed by atoms with van der Waals surface area (Å²) in [4.78, 5) is 23.0. The number of hydrogen-bond acceptors (Lipinski definition) is 2. The Hall–Kier alpha value is -2.66. The predicted octanol–water partition coefficient (Wildman–Crippen LogP) is 4.03. The van der Waals surface area contributed by atoms with Crippen molar-refractivity contribution in [3.63, 3.8) is 0 Å². The third-order valence-corrected chi connectivity index (χ3v) is 3.40. The predicted molar refractivity (Wildman–Crippen MR) is 88.2 cm³/mol. The molecule has 2 aromatic rings. The summed E-state index contributed by atoms with van der Waals surface area (Å²) in [7, 11) is 0. The molecule has 0 spiro atoms. The van der Waals surface area contributed by atoms with Crippen LogP contribution in [0.1, 0.15) is 52.6 Å². The zero-order valence-corrected chi connectivity index (χ0v) is 13.0. The summed E-state index contributed by atoms with van der Waals surface area (Å²) in [6.07, 6.45) is 0.674. The quantitative estimate of drug-likeness (QED) is 0.475. The lowest BCUT2D eigenvalue weighted by atomic mass is 9.87. The van der Waals surface area contributed by atoms with Gasteiger partial charge in [-0.3, -0.25) is 9.59 Å². The van der Waals surface area contributed by atoms with E-state index in [1.54, 1.807) is 24.3 Å². The van der Waals surface area contributed by atoms with Crippen LogP contribution in [0.5, 0.6) is 0 Å². The third-order valence-electron chi connectivity index (χ3n) is 3.40. The van der Waals surface area contributed by atoms with Gasteiger partial charge in [0.15, 0.2) is 6.29 Å². The van der Waals surface area contributed by atoms with Gasteiger partial charge in [0, 0.05) is 16.7 Å². The zero-order valence-electron chi connectivity index (χ0n) is 13.0. The molecule has 0 bridgehead atoms. The Morgan fingerprint density at radius 3 is 2.23 bits per heavy atom. The number of rotatable bonds is 2. The van der Waals surface area contributed by atoms with Crippen molar-refractivity contribution in [1.82, 2.24) is 0 Å². The van der Waals surface area contributed by atoms with Crippen molar-refractivity contribution >= 4 is 12.1 Å². The van der Waals surface area contributed by atoms with E-state index in [0.717, 1.165) is 5.56 Å². The summed E-state index contributed by atoms with van der Waals surface area (Å²) >= 11 is 0. The van der Waals surface area contributed by atoms with Crippen molar-refractivity contribution in [2.75, 3.05) is 0 Å². The first-order valence-electron chi connectivity index (χ1n) is 7.13. The maximum absolute atomic E-state index is 12.1. The monoisotopic (exact) mass is 290 g/mol. The Balaban J connectivity index is 2.23. The first-order chi connectivity index (χ1) is 10.4. The first kappa shape index (κ1) is 15.7. The van der Waals surface area contributed by atoms with E-state index < -0.39 is 0 Å². The largest absolute Gasteiger partial charge is 0.298 e. The van der Waals surface area contributed by atoms with Crippen LogP contribution in [0.2, 0.25) is 0 Å². The van der Waals surface area contributed by atoms with Crippen LogP contribution in [0.15, 0.2) is 48.5 Å². The molecule has 2 nitrogen and oxygen atoms in total. The van der Waals surface area contributed by atoms with E-state index in [0.29, 0.717) is 17.4 Å². The fourth-order valence-electron chi connectivity index (χ4n) is 2.06. The molecule has 0 aromatic heterocycles. The lowest BCUT2D eigenvalue weighted by molar-refractivity contribution is 0.104. The van der Waals surface area contributed by atoms with Crippen molar-refractivity contribution in [2.24, 2.45) is 0 Å². The van der Waals surface area contributed by atoms with Gasteiger partial charge < -0.3 is 0 Å². The Morgan fingerprint density at radius 2 is 1.64 bits per heavy atom. The van der Waals surface area contributed by atoms with Crippen LogP contribution < -0.4 is 0 Å². The average Bonchev–Trinajstić information content (AvgIpc) is 2.52. The van der Waals surface area contributed by atoms with Gasteiger partial charge in [0.05, 0.1) is 0 Å². The lowest BCUT2D eigenvalue weighted by Gasteiger charge is -2.18. The number of carbonyl (C=O) groups is 2. The highest BCUT2D eigenvalue weighted by atomic mass is 16.1. The van der Waals surface area contributed by atoms with Gasteiger partial charge in [-0.25, -0.2) is 0 Å². The summed E-state index contributed by atoms with van der Waals surface area (Å²) < 4.78 is 0. The molecular weight excluding hydrogens is 272 g/mol. The second-order valence-electron chi connectivity index (χ2n) is 6.11. The fourth-order valence-corrected chi connectivity index (χ4v) is 2.06. The Morgan fingerprint density at radius 1 is 1.00 bits per heavy atom. The molecular formula is C20H18O2. The Labute approximate surface area is 131 Å². The highest BCUT2D eigenvalue weighted by Crippen LogP contribution is 2.21. The minimum absolute atomic E-state index is 0.0880. The van der Waals surface area contributed by atoms with Gasteiger partial charge in [-0.15, -0.1) is 0 Å². The number of Topliss-reactive ketones (excluding diaryl/α,β-unsaturated/α-hetero) is 1. The lowest BCUT2D eigenvalue weighted by Crippen LogP contribution is -2.10. The molecule has 0 aliphatic heterocycles. The van der Waals surface area contributed by atoms with E-state index in [1.165, 1.54) is 5.56 Å². The number of carbonyl (C=O) groups excluding carboxylic acids is 2. The molecule has 0 saturated carbocycles. The molecule has 22 heavy (non-hydrogen) atoms. The van der Waals surface area contributed by atoms with Crippen molar-refractivity contribution in [3.8, 4) is 11.8 Å². The van der Waals surface area contributed by atoms with Gasteiger partial charge in [0.1, 0.15) is 0 Å². The summed E-state index contributed by atoms with van der Waals surface area (Å²) in [6.45, 7) is 6.44. The standard InChI is InChI=1S/C20H18O2/c1-20(2,3)17-11-8-15(9-12-17)10-13-19(22)18-7-5-4-6-16(18)14-21/h4-9,11-12,14H,1-3H3. The third kappa shape index (κ3) is 3.71. The smallest absolute Gasteiger partial charge is 0.236 e. The van der Waals surface area contributed by atoms with E-state index in [1.807, 2.05) is 24.3 Å². The van der Waals surface area contributed by atoms with E-state index in [2.05, 4.69) is 32.6 Å². The van der Waals surface area contributed by atoms with E-state index >= 15 is 0 Å². The van der Waals surface area contributed by atoms with Gasteiger partial charge in [-0.1, -0.05) is 57.0 Å². The van der Waals surface area contributed by atoms with E-state index in [-0.39, 0.29) is 11.2 Å². The van der Waals surface area contributed by atoms with E-state index in [4.69, 9.17) is 0 Å². The highest BCUT2D eigenvalue weighted by molar-refractivity contribution is 6.13. The van der Waals surface area contributed by atoms with E-state index in [9.17, 15) is 9.59 Å². The van der Waals surface area contributed by atoms with Crippen LogP contribution in [-0.4, -0.2) is 12.1 Å². The second-order valence-corrected chi connectivity index (χ2v) is 6.11. The molecule has 0 aliphatic rings. The van der Waals surface area contributed by atoms with Crippen molar-refractivity contribution in [1.29, 1.82) is 0 Å². The molecule has 0 atom stereocenters. The second kappa shape index (κ2) is 6.41. The molecule has 0 unspecified atom stereocenters. The molecule has 0 heterocycles. The van der Waals surface area contributed by atoms with Crippen molar-refractivity contribution in [3.05, 3.63) is 70.8 Å². The van der Waals surface area contributed by atoms with Crippen LogP contribution in [-0.2, 0) is 5.41 Å². The maximum atomic E-state index is 12.1. The summed E-state index contributed by atoms with van der Waals surface area (Å²) in [6, 6.07) is 14.5. The minimum Gasteiger partial charge on any atom is -0.298 e. The van der Waals surface area contributed by atoms with Crippen molar-refractivity contribution < 1.29 is 9.59 Å². The van der Waals surface area contributed by atoms with Crippen LogP contribution >= 0.6 is 0 Å². The molecule has 2 aromatic carbocycles. The molecule has 0 amide bonds. The molecule has 0 N–H and O–H groups in total. The summed E-state index contributed by atoms with van der Waals surface area (Å²) in [5, 5.41) is 0. The molecule has 2 heteroatoms. The number of ketones is 1. The SMILES string of the molecule is CC(C)(C)c1ccc(C#CC(=O)c2ccccc2C=O)cc1. The Bertz CT molecular complexity index is 751. The molecule has 0 saturated heterocycles. The first-order valence-corrected chi connectivity index (χ1v) is 7.13. The number of benzene rings is 2. The average molecular weight is 290 g/mol. The summed E-state index contributed by atoms with van der Waals surface area (Å²) in [5.41, 5.74) is 2.80. The van der Waals surface area contributed by atoms with Crippen LogP contribution in [0, 0.1) is 11.8 Å². The molecule has 2 rings (SSSR count). The number of hydrogen-bond donors (Lipinski definition) is 0. The van der Waals surface area contributed by atoms with Crippen LogP contribution in [0.3, 0.4) is 0 Å². The van der Waals surface area contributed by atoms with Gasteiger partial charge in [0.2, 0.25) is 5.78 Å². The highest BCUT2D eigenvalue weighted by Gasteiger charge is 2.12. The minimum atomic E-state index is -0.345. The fraction of sp³-hybridized carbons (Fsp3) is 0.200. The maximum Gasteiger partial charge on any atom is 0.236 e. The normalized spacial score (nSPS) is 10.5. The van der Waals surface area contributed by atoms with Gasteiger partial charge in [-0.05, 0) is 35.1 Å². The summed E-state index contributed by atoms with van der Waals surface area (Å²) in [5.74, 6) is 5.11. The van der Waals surface area contributed by atoms with Crippen LogP contribution in [0.4, 0.5) is 0 Å². The molecule has 0 fully saturated rings.